The van der Waals surface area contributed by atoms with E-state index in [2.05, 4.69) is 0 Å². The van der Waals surface area contributed by atoms with E-state index in [-0.39, 0.29) is 16.2 Å². The van der Waals surface area contributed by atoms with Crippen molar-refractivity contribution in [3.05, 3.63) is 29.8 Å². The van der Waals surface area contributed by atoms with Gasteiger partial charge in [0.2, 0.25) is 0 Å². The van der Waals surface area contributed by atoms with Crippen LogP contribution in [0.2, 0.25) is 0 Å². The molecule has 1 amide bonds. The van der Waals surface area contributed by atoms with Crippen molar-refractivity contribution in [2.75, 3.05) is 0 Å². The van der Waals surface area contributed by atoms with Gasteiger partial charge in [-0.05, 0) is 45.4 Å². The highest BCUT2D eigenvalue weighted by Crippen LogP contribution is 2.21. The molecule has 128 valence electrons. The van der Waals surface area contributed by atoms with Gasteiger partial charge in [-0.3, -0.25) is 4.90 Å². The van der Waals surface area contributed by atoms with Crippen LogP contribution in [-0.4, -0.2) is 42.9 Å². The smallest absolute Gasteiger partial charge is 0.411 e. The van der Waals surface area contributed by atoms with Gasteiger partial charge < -0.3 is 14.9 Å². The monoisotopic (exact) mass is 435 g/mol. The number of carbonyl (C=O) groups excluding carboxylic acids is 1. The first kappa shape index (κ1) is 19.5. The first-order valence-corrected chi connectivity index (χ1v) is 8.42. The van der Waals surface area contributed by atoms with E-state index >= 15 is 0 Å². The lowest BCUT2D eigenvalue weighted by Crippen LogP contribution is -2.50. The number of hydrogen-bond donors (Lipinski definition) is 2. The maximum absolute atomic E-state index is 12.4. The number of nitrogens with zero attached hydrogens (tertiary/aromatic N) is 1. The van der Waals surface area contributed by atoms with Gasteiger partial charge in [0.1, 0.15) is 17.4 Å². The van der Waals surface area contributed by atoms with Gasteiger partial charge in [0, 0.05) is 6.42 Å². The maximum Gasteiger partial charge on any atom is 0.411 e. The zero-order chi connectivity index (χ0) is 17.8. The molecule has 0 aliphatic carbocycles. The van der Waals surface area contributed by atoms with Gasteiger partial charge in [-0.1, -0.05) is 34.7 Å². The molecule has 6 nitrogen and oxygen atoms in total. The van der Waals surface area contributed by atoms with E-state index in [9.17, 15) is 19.8 Å². The highest BCUT2D eigenvalue weighted by atomic mass is 127. The Morgan fingerprint density at radius 3 is 2.17 bits per heavy atom. The summed E-state index contributed by atoms with van der Waals surface area (Å²) in [5.74, 6) is -1.00. The van der Waals surface area contributed by atoms with Crippen LogP contribution in [0.3, 0.4) is 0 Å². The number of aliphatic carboxylic acids is 1. The Morgan fingerprint density at radius 2 is 1.78 bits per heavy atom. The molecule has 0 aliphatic heterocycles. The SMILES string of the molecule is CC(I)N(C(=O)OC(C)(C)C)[C@@H](Cc1ccc(O)cc1)C(=O)O. The third-order valence-electron chi connectivity index (χ3n) is 2.97. The van der Waals surface area contributed by atoms with E-state index in [1.807, 2.05) is 22.6 Å². The molecule has 2 N–H and O–H groups in total. The third-order valence-corrected chi connectivity index (χ3v) is 3.57. The van der Waals surface area contributed by atoms with Gasteiger partial charge in [-0.25, -0.2) is 9.59 Å². The van der Waals surface area contributed by atoms with Crippen molar-refractivity contribution in [2.45, 2.75) is 49.8 Å². The molecule has 23 heavy (non-hydrogen) atoms. The Hall–Kier alpha value is -1.51. The van der Waals surface area contributed by atoms with Crippen molar-refractivity contribution < 1.29 is 24.5 Å². The highest BCUT2D eigenvalue weighted by Gasteiger charge is 2.35. The Labute approximate surface area is 149 Å². The lowest BCUT2D eigenvalue weighted by Gasteiger charge is -2.33. The van der Waals surface area contributed by atoms with E-state index in [4.69, 9.17) is 4.74 Å². The number of carboxylic acids is 1. The molecule has 0 heterocycles. The lowest BCUT2D eigenvalue weighted by molar-refractivity contribution is -0.143. The van der Waals surface area contributed by atoms with Crippen molar-refractivity contribution >= 4 is 34.7 Å². The number of halogens is 1. The van der Waals surface area contributed by atoms with Crippen molar-refractivity contribution in [1.82, 2.24) is 4.90 Å². The van der Waals surface area contributed by atoms with E-state index in [1.54, 1.807) is 39.8 Å². The first-order valence-electron chi connectivity index (χ1n) is 7.17. The summed E-state index contributed by atoms with van der Waals surface area (Å²) in [5, 5.41) is 18.9. The summed E-state index contributed by atoms with van der Waals surface area (Å²) >= 11 is 1.99. The number of amides is 1. The molecule has 7 heteroatoms. The quantitative estimate of drug-likeness (QED) is 0.421. The maximum atomic E-state index is 12.4. The molecule has 0 aromatic heterocycles. The van der Waals surface area contributed by atoms with Crippen molar-refractivity contribution in [3.8, 4) is 5.75 Å². The fraction of sp³-hybridized carbons (Fsp3) is 0.500. The van der Waals surface area contributed by atoms with Crippen LogP contribution >= 0.6 is 22.6 Å². The minimum Gasteiger partial charge on any atom is -0.508 e. The van der Waals surface area contributed by atoms with Crippen LogP contribution in [0.25, 0.3) is 0 Å². The molecule has 2 atom stereocenters. The molecule has 1 aromatic carbocycles. The Kier molecular flexibility index (Phi) is 6.67. The normalized spacial score (nSPS) is 14.0. The van der Waals surface area contributed by atoms with E-state index < -0.39 is 23.7 Å². The number of carboxylic acid groups (broad SMARTS) is 1. The number of rotatable bonds is 5. The van der Waals surface area contributed by atoms with Crippen molar-refractivity contribution in [1.29, 1.82) is 0 Å². The van der Waals surface area contributed by atoms with Gasteiger partial charge in [0.25, 0.3) is 0 Å². The predicted molar refractivity (Wildman–Crippen MR) is 94.8 cm³/mol. The van der Waals surface area contributed by atoms with Crippen molar-refractivity contribution in [2.24, 2.45) is 0 Å². The average molecular weight is 435 g/mol. The number of benzene rings is 1. The second-order valence-electron chi connectivity index (χ2n) is 6.19. The summed E-state index contributed by atoms with van der Waals surface area (Å²) in [4.78, 5) is 25.3. The number of alkyl halides is 1. The van der Waals surface area contributed by atoms with Crippen LogP contribution in [0, 0.1) is 0 Å². The summed E-state index contributed by atoms with van der Waals surface area (Å²) in [7, 11) is 0. The van der Waals surface area contributed by atoms with Crippen LogP contribution in [0.15, 0.2) is 24.3 Å². The molecule has 0 bridgehead atoms. The number of aromatic hydroxyl groups is 1. The number of phenolic OH excluding ortho intramolecular Hbond substituents is 1. The Balaban J connectivity index is 3.04. The largest absolute Gasteiger partial charge is 0.508 e. The molecule has 1 unspecified atom stereocenters. The Morgan fingerprint density at radius 1 is 1.26 bits per heavy atom. The zero-order valence-corrected chi connectivity index (χ0v) is 15.8. The minimum absolute atomic E-state index is 0.104. The highest BCUT2D eigenvalue weighted by molar-refractivity contribution is 14.1. The molecule has 0 spiro atoms. The fourth-order valence-corrected chi connectivity index (χ4v) is 2.61. The number of phenols is 1. The number of ether oxygens (including phenoxy) is 1. The van der Waals surface area contributed by atoms with Crippen LogP contribution in [0.1, 0.15) is 33.3 Å². The van der Waals surface area contributed by atoms with E-state index in [1.165, 1.54) is 17.0 Å². The summed E-state index contributed by atoms with van der Waals surface area (Å²) in [6.07, 6.45) is -0.534. The molecular formula is C16H22INO5. The van der Waals surface area contributed by atoms with Crippen LogP contribution in [-0.2, 0) is 16.0 Å². The molecule has 1 rings (SSSR count). The molecule has 0 aliphatic rings. The first-order chi connectivity index (χ1) is 10.5. The summed E-state index contributed by atoms with van der Waals surface area (Å²) in [5.41, 5.74) is 0.00318. The second-order valence-corrected chi connectivity index (χ2v) is 7.99. The minimum atomic E-state index is -1.10. The molecule has 0 saturated heterocycles. The average Bonchev–Trinajstić information content (AvgIpc) is 2.37. The van der Waals surface area contributed by atoms with Crippen LogP contribution in [0.5, 0.6) is 5.75 Å². The lowest BCUT2D eigenvalue weighted by atomic mass is 10.0. The second kappa shape index (κ2) is 7.85. The standard InChI is InChI=1S/C16H22INO5/c1-10(17)18(15(22)23-16(2,3)4)13(14(20)21)9-11-5-7-12(19)8-6-11/h5-8,10,13,19H,9H2,1-4H3,(H,20,21)/t10?,13-/m0/s1. The van der Waals surface area contributed by atoms with Gasteiger partial charge in [0.05, 0.1) is 4.05 Å². The third kappa shape index (κ3) is 6.25. The van der Waals surface area contributed by atoms with Gasteiger partial charge in [-0.2, -0.15) is 0 Å². The molecular weight excluding hydrogens is 413 g/mol. The van der Waals surface area contributed by atoms with Gasteiger partial charge in [0.15, 0.2) is 0 Å². The number of carbonyl (C=O) groups is 2. The van der Waals surface area contributed by atoms with Crippen molar-refractivity contribution in [3.63, 3.8) is 0 Å². The van der Waals surface area contributed by atoms with E-state index in [0.717, 1.165) is 0 Å². The summed E-state index contributed by atoms with van der Waals surface area (Å²) < 4.78 is 4.97. The van der Waals surface area contributed by atoms with Crippen LogP contribution in [0.4, 0.5) is 4.79 Å². The molecule has 0 radical (unpaired) electrons. The molecule has 0 saturated carbocycles. The molecule has 0 fully saturated rings. The zero-order valence-electron chi connectivity index (χ0n) is 13.6. The fourth-order valence-electron chi connectivity index (χ4n) is 2.00. The topological polar surface area (TPSA) is 87.1 Å². The van der Waals surface area contributed by atoms with E-state index in [0.29, 0.717) is 5.56 Å². The number of hydrogen-bond acceptors (Lipinski definition) is 4. The molecule has 1 aromatic rings. The predicted octanol–water partition coefficient (Wildman–Crippen LogP) is 3.41. The van der Waals surface area contributed by atoms with Crippen LogP contribution < -0.4 is 0 Å². The summed E-state index contributed by atoms with van der Waals surface area (Å²) in [6.45, 7) is 6.93. The van der Waals surface area contributed by atoms with Gasteiger partial charge in [-0.15, -0.1) is 0 Å². The van der Waals surface area contributed by atoms with Gasteiger partial charge >= 0.3 is 12.1 Å². The summed E-state index contributed by atoms with van der Waals surface area (Å²) in [6, 6.07) is 5.19. The Bertz CT molecular complexity index is 551.